The maximum Gasteiger partial charge on any atom is 0.324 e. The van der Waals surface area contributed by atoms with Crippen LogP contribution in [0.1, 0.15) is 25.7 Å². The zero-order chi connectivity index (χ0) is 19.2. The lowest BCUT2D eigenvalue weighted by Gasteiger charge is -2.13. The summed E-state index contributed by atoms with van der Waals surface area (Å²) in [4.78, 5) is 47.9. The van der Waals surface area contributed by atoms with Crippen molar-refractivity contribution in [3.8, 4) is 0 Å². The molecular formula is C18H24ClN5O4. The van der Waals surface area contributed by atoms with Crippen molar-refractivity contribution in [3.05, 3.63) is 24.3 Å². The Bertz CT molecular complexity index is 718. The molecule has 10 heteroatoms. The molecule has 2 aliphatic rings. The number of hydrogen-bond donors (Lipinski definition) is 4. The van der Waals surface area contributed by atoms with E-state index in [2.05, 4.69) is 21.3 Å². The summed E-state index contributed by atoms with van der Waals surface area (Å²) in [6.07, 6.45) is 2.58. The Balaban J connectivity index is 0.00000280. The molecule has 2 fully saturated rings. The molecule has 0 aromatic heterocycles. The van der Waals surface area contributed by atoms with Crippen LogP contribution in [-0.2, 0) is 14.4 Å². The Hall–Kier alpha value is -2.65. The molecule has 0 bridgehead atoms. The zero-order valence-electron chi connectivity index (χ0n) is 15.3. The summed E-state index contributed by atoms with van der Waals surface area (Å²) in [6.45, 7) is 0.979. The van der Waals surface area contributed by atoms with Gasteiger partial charge in [0.25, 0.3) is 0 Å². The highest BCUT2D eigenvalue weighted by Gasteiger charge is 2.28. The van der Waals surface area contributed by atoms with Gasteiger partial charge in [-0.3, -0.25) is 19.3 Å². The number of anilines is 2. The highest BCUT2D eigenvalue weighted by Crippen LogP contribution is 2.15. The zero-order valence-corrected chi connectivity index (χ0v) is 16.1. The third kappa shape index (κ3) is 5.93. The molecule has 3 rings (SSSR count). The van der Waals surface area contributed by atoms with Gasteiger partial charge in [0.1, 0.15) is 0 Å². The summed E-state index contributed by atoms with van der Waals surface area (Å²) in [6, 6.07) is 6.58. The first-order valence-electron chi connectivity index (χ1n) is 9.02. The van der Waals surface area contributed by atoms with Gasteiger partial charge in [-0.05, 0) is 43.7 Å². The van der Waals surface area contributed by atoms with Gasteiger partial charge in [-0.15, -0.1) is 12.4 Å². The SMILES string of the molecule is Cl.O=C(CCN1C(=O)CNC1=O)Nc1ccc(NC(=O)CC2CCCN2)cc1. The van der Waals surface area contributed by atoms with Crippen LogP contribution in [0.4, 0.5) is 16.2 Å². The van der Waals surface area contributed by atoms with E-state index in [1.807, 2.05) is 0 Å². The minimum Gasteiger partial charge on any atom is -0.329 e. The van der Waals surface area contributed by atoms with Gasteiger partial charge in [0.15, 0.2) is 0 Å². The Morgan fingerprint density at radius 3 is 2.25 bits per heavy atom. The number of carbonyl (C=O) groups excluding carboxylic acids is 4. The molecule has 152 valence electrons. The summed E-state index contributed by atoms with van der Waals surface area (Å²) in [5, 5.41) is 11.2. The predicted molar refractivity (Wildman–Crippen MR) is 106 cm³/mol. The fraction of sp³-hybridized carbons (Fsp3) is 0.444. The smallest absolute Gasteiger partial charge is 0.324 e. The number of hydrogen-bond acceptors (Lipinski definition) is 5. The van der Waals surface area contributed by atoms with Gasteiger partial charge in [0.2, 0.25) is 17.7 Å². The van der Waals surface area contributed by atoms with Crippen molar-refractivity contribution in [2.45, 2.75) is 31.7 Å². The predicted octanol–water partition coefficient (Wildman–Crippen LogP) is 1.07. The number of carbonyl (C=O) groups is 4. The van der Waals surface area contributed by atoms with Gasteiger partial charge in [-0.2, -0.15) is 0 Å². The van der Waals surface area contributed by atoms with E-state index in [1.54, 1.807) is 24.3 Å². The van der Waals surface area contributed by atoms with E-state index in [4.69, 9.17) is 0 Å². The molecule has 2 saturated heterocycles. The van der Waals surface area contributed by atoms with Crippen LogP contribution in [-0.4, -0.2) is 54.3 Å². The lowest BCUT2D eigenvalue weighted by molar-refractivity contribution is -0.125. The Morgan fingerprint density at radius 1 is 1.07 bits per heavy atom. The number of imide groups is 1. The largest absolute Gasteiger partial charge is 0.329 e. The van der Waals surface area contributed by atoms with E-state index in [1.165, 1.54) is 0 Å². The average Bonchev–Trinajstić information content (AvgIpc) is 3.25. The molecule has 1 aromatic carbocycles. The molecule has 2 heterocycles. The summed E-state index contributed by atoms with van der Waals surface area (Å²) in [7, 11) is 0. The van der Waals surface area contributed by atoms with Crippen LogP contribution in [0.5, 0.6) is 0 Å². The van der Waals surface area contributed by atoms with Crippen molar-refractivity contribution in [2.75, 3.05) is 30.3 Å². The highest BCUT2D eigenvalue weighted by atomic mass is 35.5. The number of amides is 5. The first-order valence-corrected chi connectivity index (χ1v) is 9.02. The number of rotatable bonds is 7. The first kappa shape index (κ1) is 21.6. The van der Waals surface area contributed by atoms with Crippen molar-refractivity contribution in [1.29, 1.82) is 0 Å². The Morgan fingerprint density at radius 2 is 1.71 bits per heavy atom. The molecule has 9 nitrogen and oxygen atoms in total. The minimum absolute atomic E-state index is 0. The van der Waals surface area contributed by atoms with Crippen LogP contribution in [0, 0.1) is 0 Å². The van der Waals surface area contributed by atoms with E-state index in [0.717, 1.165) is 24.3 Å². The molecule has 5 amide bonds. The van der Waals surface area contributed by atoms with Gasteiger partial charge in [0.05, 0.1) is 6.54 Å². The third-order valence-electron chi connectivity index (χ3n) is 4.55. The van der Waals surface area contributed by atoms with Crippen LogP contribution < -0.4 is 21.3 Å². The number of nitrogens with one attached hydrogen (secondary N) is 4. The van der Waals surface area contributed by atoms with Gasteiger partial charge in [0, 0.05) is 36.8 Å². The third-order valence-corrected chi connectivity index (χ3v) is 4.55. The molecule has 4 N–H and O–H groups in total. The second-order valence-corrected chi connectivity index (χ2v) is 6.63. The molecule has 0 spiro atoms. The molecule has 2 aliphatic heterocycles. The molecule has 1 unspecified atom stereocenters. The van der Waals surface area contributed by atoms with Crippen molar-refractivity contribution >= 4 is 47.5 Å². The van der Waals surface area contributed by atoms with Crippen molar-refractivity contribution in [1.82, 2.24) is 15.5 Å². The van der Waals surface area contributed by atoms with Crippen LogP contribution in [0.2, 0.25) is 0 Å². The maximum atomic E-state index is 12.0. The second kappa shape index (κ2) is 10.0. The van der Waals surface area contributed by atoms with E-state index < -0.39 is 6.03 Å². The Labute approximate surface area is 169 Å². The van der Waals surface area contributed by atoms with Gasteiger partial charge >= 0.3 is 6.03 Å². The Kier molecular flexibility index (Phi) is 7.77. The van der Waals surface area contributed by atoms with Crippen molar-refractivity contribution in [3.63, 3.8) is 0 Å². The average molecular weight is 410 g/mol. The van der Waals surface area contributed by atoms with Gasteiger partial charge < -0.3 is 21.3 Å². The first-order chi connectivity index (χ1) is 13.0. The van der Waals surface area contributed by atoms with Crippen LogP contribution in [0.15, 0.2) is 24.3 Å². The van der Waals surface area contributed by atoms with E-state index in [9.17, 15) is 19.2 Å². The lowest BCUT2D eigenvalue weighted by atomic mass is 10.1. The minimum atomic E-state index is -0.472. The molecular weight excluding hydrogens is 386 g/mol. The summed E-state index contributed by atoms with van der Waals surface area (Å²) in [5.74, 6) is -0.674. The molecule has 1 aromatic rings. The van der Waals surface area contributed by atoms with Crippen molar-refractivity contribution < 1.29 is 19.2 Å². The summed E-state index contributed by atoms with van der Waals surface area (Å²) in [5.41, 5.74) is 1.24. The molecule has 0 saturated carbocycles. The van der Waals surface area contributed by atoms with Crippen LogP contribution in [0.25, 0.3) is 0 Å². The maximum absolute atomic E-state index is 12.0. The normalized spacial score (nSPS) is 18.4. The van der Waals surface area contributed by atoms with E-state index in [-0.39, 0.29) is 55.7 Å². The topological polar surface area (TPSA) is 120 Å². The number of urea groups is 1. The summed E-state index contributed by atoms with van der Waals surface area (Å²) < 4.78 is 0. The second-order valence-electron chi connectivity index (χ2n) is 6.63. The monoisotopic (exact) mass is 409 g/mol. The van der Waals surface area contributed by atoms with Crippen LogP contribution >= 0.6 is 12.4 Å². The lowest BCUT2D eigenvalue weighted by Crippen LogP contribution is -2.33. The standard InChI is InChI=1S/C18H23N5O4.ClH/c24-15(7-9-23-17(26)11-20-18(23)27)21-12-3-5-13(6-4-12)22-16(25)10-14-2-1-8-19-14;/h3-6,14,19H,1-2,7-11H2,(H,20,27)(H,21,24)(H,22,25);1H. The molecule has 28 heavy (non-hydrogen) atoms. The van der Waals surface area contributed by atoms with E-state index >= 15 is 0 Å². The van der Waals surface area contributed by atoms with E-state index in [0.29, 0.717) is 17.8 Å². The number of nitrogens with zero attached hydrogens (tertiary/aromatic N) is 1. The fourth-order valence-electron chi connectivity index (χ4n) is 3.12. The quantitative estimate of drug-likeness (QED) is 0.502. The molecule has 1 atom stereocenters. The number of benzene rings is 1. The summed E-state index contributed by atoms with van der Waals surface area (Å²) >= 11 is 0. The van der Waals surface area contributed by atoms with Gasteiger partial charge in [-0.25, -0.2) is 4.79 Å². The fourth-order valence-corrected chi connectivity index (χ4v) is 3.12. The molecule has 0 aliphatic carbocycles. The van der Waals surface area contributed by atoms with Gasteiger partial charge in [-0.1, -0.05) is 0 Å². The number of halogens is 1. The molecule has 0 radical (unpaired) electrons. The van der Waals surface area contributed by atoms with Crippen LogP contribution in [0.3, 0.4) is 0 Å². The highest BCUT2D eigenvalue weighted by molar-refractivity contribution is 6.02. The van der Waals surface area contributed by atoms with Crippen molar-refractivity contribution in [2.24, 2.45) is 0 Å².